The Morgan fingerprint density at radius 3 is 2.56 bits per heavy atom. The van der Waals surface area contributed by atoms with Gasteiger partial charge in [-0.25, -0.2) is 13.1 Å². The summed E-state index contributed by atoms with van der Waals surface area (Å²) in [4.78, 5) is 4.12. The summed E-state index contributed by atoms with van der Waals surface area (Å²) in [5.41, 5.74) is 6.05. The zero-order valence-electron chi connectivity index (χ0n) is 9.47. The zero-order valence-corrected chi connectivity index (χ0v) is 10.3. The molecule has 5 nitrogen and oxygen atoms in total. The number of hydrogen-bond donors (Lipinski definition) is 2. The van der Waals surface area contributed by atoms with E-state index in [1.807, 2.05) is 13.8 Å². The van der Waals surface area contributed by atoms with Crippen LogP contribution in [-0.2, 0) is 16.6 Å². The van der Waals surface area contributed by atoms with E-state index >= 15 is 0 Å². The largest absolute Gasteiger partial charge is 0.325 e. The predicted octanol–water partition coefficient (Wildman–Crippen LogP) is 0.475. The lowest BCUT2D eigenvalue weighted by Crippen LogP contribution is -2.27. The van der Waals surface area contributed by atoms with Gasteiger partial charge in [0.2, 0.25) is 10.0 Å². The molecule has 0 radical (unpaired) electrons. The zero-order chi connectivity index (χ0) is 12.2. The minimum atomic E-state index is -3.43. The van der Waals surface area contributed by atoms with E-state index in [-0.39, 0.29) is 10.8 Å². The van der Waals surface area contributed by atoms with Gasteiger partial charge in [-0.2, -0.15) is 0 Å². The third-order valence-electron chi connectivity index (χ3n) is 2.00. The fourth-order valence-electron chi connectivity index (χ4n) is 1.05. The Morgan fingerprint density at radius 1 is 1.44 bits per heavy atom. The summed E-state index contributed by atoms with van der Waals surface area (Å²) in [5, 5.41) is 0. The SMILES string of the molecule is CC(C)CNS(=O)(=O)c1ccc(CN)nc1. The molecule has 0 amide bonds. The molecule has 0 saturated heterocycles. The summed E-state index contributed by atoms with van der Waals surface area (Å²) in [7, 11) is -3.43. The summed E-state index contributed by atoms with van der Waals surface area (Å²) in [5.74, 6) is 0.269. The fourth-order valence-corrected chi connectivity index (χ4v) is 2.21. The number of nitrogens with one attached hydrogen (secondary N) is 1. The van der Waals surface area contributed by atoms with Gasteiger partial charge in [-0.1, -0.05) is 13.8 Å². The maximum atomic E-state index is 11.8. The van der Waals surface area contributed by atoms with Gasteiger partial charge in [0.25, 0.3) is 0 Å². The van der Waals surface area contributed by atoms with Gasteiger partial charge in [0.1, 0.15) is 4.90 Å². The first-order valence-corrected chi connectivity index (χ1v) is 6.58. The van der Waals surface area contributed by atoms with Crippen LogP contribution in [0.4, 0.5) is 0 Å². The van der Waals surface area contributed by atoms with Gasteiger partial charge in [0.15, 0.2) is 0 Å². The Hall–Kier alpha value is -0.980. The highest BCUT2D eigenvalue weighted by Gasteiger charge is 2.14. The van der Waals surface area contributed by atoms with Gasteiger partial charge in [-0.15, -0.1) is 0 Å². The molecule has 0 fully saturated rings. The molecular weight excluding hydrogens is 226 g/mol. The number of aromatic nitrogens is 1. The number of hydrogen-bond acceptors (Lipinski definition) is 4. The lowest BCUT2D eigenvalue weighted by atomic mass is 10.2. The van der Waals surface area contributed by atoms with Gasteiger partial charge in [0.05, 0.1) is 5.69 Å². The number of sulfonamides is 1. The van der Waals surface area contributed by atoms with Crippen molar-refractivity contribution >= 4 is 10.0 Å². The van der Waals surface area contributed by atoms with Crippen molar-refractivity contribution in [3.05, 3.63) is 24.0 Å². The highest BCUT2D eigenvalue weighted by molar-refractivity contribution is 7.89. The van der Waals surface area contributed by atoms with Crippen LogP contribution in [0.2, 0.25) is 0 Å². The molecule has 90 valence electrons. The molecular formula is C10H17N3O2S. The van der Waals surface area contributed by atoms with Gasteiger partial charge in [0, 0.05) is 19.3 Å². The second-order valence-corrected chi connectivity index (χ2v) is 5.70. The average molecular weight is 243 g/mol. The molecule has 0 atom stereocenters. The van der Waals surface area contributed by atoms with Crippen molar-refractivity contribution in [2.75, 3.05) is 6.54 Å². The van der Waals surface area contributed by atoms with Gasteiger partial charge < -0.3 is 5.73 Å². The van der Waals surface area contributed by atoms with Crippen LogP contribution in [0.5, 0.6) is 0 Å². The van der Waals surface area contributed by atoms with E-state index in [2.05, 4.69) is 9.71 Å². The van der Waals surface area contributed by atoms with E-state index in [1.54, 1.807) is 6.07 Å². The Bertz CT molecular complexity index is 426. The highest BCUT2D eigenvalue weighted by Crippen LogP contribution is 2.07. The Balaban J connectivity index is 2.82. The van der Waals surface area contributed by atoms with Crippen LogP contribution in [0.15, 0.2) is 23.2 Å². The van der Waals surface area contributed by atoms with E-state index in [4.69, 9.17) is 5.73 Å². The number of nitrogens with zero attached hydrogens (tertiary/aromatic N) is 1. The van der Waals surface area contributed by atoms with Gasteiger partial charge in [-0.3, -0.25) is 4.98 Å². The van der Waals surface area contributed by atoms with Crippen LogP contribution in [0, 0.1) is 5.92 Å². The minimum absolute atomic E-state index is 0.172. The van der Waals surface area contributed by atoms with Crippen LogP contribution in [0.3, 0.4) is 0 Å². The molecule has 0 aliphatic carbocycles. The van der Waals surface area contributed by atoms with E-state index in [0.29, 0.717) is 18.8 Å². The molecule has 16 heavy (non-hydrogen) atoms. The Labute approximate surface area is 96.1 Å². The first-order chi connectivity index (χ1) is 7.45. The van der Waals surface area contributed by atoms with Crippen molar-refractivity contribution in [2.45, 2.75) is 25.3 Å². The van der Waals surface area contributed by atoms with Crippen molar-refractivity contribution in [1.82, 2.24) is 9.71 Å². The average Bonchev–Trinajstić information content (AvgIpc) is 2.27. The highest BCUT2D eigenvalue weighted by atomic mass is 32.2. The number of rotatable bonds is 5. The standard InChI is InChI=1S/C10H17N3O2S/c1-8(2)6-13-16(14,15)10-4-3-9(5-11)12-7-10/h3-4,7-8,13H,5-6,11H2,1-2H3. The topological polar surface area (TPSA) is 85.1 Å². The molecule has 0 unspecified atom stereocenters. The predicted molar refractivity (Wildman–Crippen MR) is 62.2 cm³/mol. The van der Waals surface area contributed by atoms with Crippen LogP contribution in [0.1, 0.15) is 19.5 Å². The molecule has 0 spiro atoms. The monoisotopic (exact) mass is 243 g/mol. The first kappa shape index (κ1) is 13.1. The summed E-state index contributed by atoms with van der Waals surface area (Å²) in [6.45, 7) is 4.61. The lowest BCUT2D eigenvalue weighted by Gasteiger charge is -2.08. The third kappa shape index (κ3) is 3.55. The van der Waals surface area contributed by atoms with Crippen molar-refractivity contribution in [2.24, 2.45) is 11.7 Å². The Morgan fingerprint density at radius 2 is 2.12 bits per heavy atom. The van der Waals surface area contributed by atoms with E-state index < -0.39 is 10.0 Å². The van der Waals surface area contributed by atoms with Crippen LogP contribution in [0.25, 0.3) is 0 Å². The van der Waals surface area contributed by atoms with Gasteiger partial charge >= 0.3 is 0 Å². The molecule has 0 aromatic carbocycles. The molecule has 3 N–H and O–H groups in total. The summed E-state index contributed by atoms with van der Waals surface area (Å²) in [6, 6.07) is 3.13. The lowest BCUT2D eigenvalue weighted by molar-refractivity contribution is 0.559. The van der Waals surface area contributed by atoms with Crippen molar-refractivity contribution in [1.29, 1.82) is 0 Å². The first-order valence-electron chi connectivity index (χ1n) is 5.10. The van der Waals surface area contributed by atoms with E-state index in [1.165, 1.54) is 12.3 Å². The molecule has 0 saturated carbocycles. The maximum absolute atomic E-state index is 11.8. The quantitative estimate of drug-likeness (QED) is 0.787. The molecule has 6 heteroatoms. The normalized spacial score (nSPS) is 12.0. The molecule has 1 heterocycles. The van der Waals surface area contributed by atoms with E-state index in [0.717, 1.165) is 0 Å². The van der Waals surface area contributed by atoms with Gasteiger partial charge in [-0.05, 0) is 18.1 Å². The Kier molecular flexibility index (Phi) is 4.40. The minimum Gasteiger partial charge on any atom is -0.325 e. The molecule has 1 aromatic heterocycles. The molecule has 0 aliphatic rings. The summed E-state index contributed by atoms with van der Waals surface area (Å²) in [6.07, 6.45) is 1.32. The van der Waals surface area contributed by atoms with Crippen molar-refractivity contribution in [3.8, 4) is 0 Å². The summed E-state index contributed by atoms with van der Waals surface area (Å²) < 4.78 is 26.0. The molecule has 1 rings (SSSR count). The van der Waals surface area contributed by atoms with Crippen LogP contribution >= 0.6 is 0 Å². The smallest absolute Gasteiger partial charge is 0.242 e. The maximum Gasteiger partial charge on any atom is 0.242 e. The van der Waals surface area contributed by atoms with Crippen molar-refractivity contribution in [3.63, 3.8) is 0 Å². The van der Waals surface area contributed by atoms with Crippen molar-refractivity contribution < 1.29 is 8.42 Å². The summed E-state index contributed by atoms with van der Waals surface area (Å²) >= 11 is 0. The van der Waals surface area contributed by atoms with Crippen LogP contribution in [-0.4, -0.2) is 19.9 Å². The third-order valence-corrected chi connectivity index (χ3v) is 3.41. The molecule has 0 aliphatic heterocycles. The fraction of sp³-hybridized carbons (Fsp3) is 0.500. The van der Waals surface area contributed by atoms with Crippen LogP contribution < -0.4 is 10.5 Å². The number of nitrogens with two attached hydrogens (primary N) is 1. The molecule has 0 bridgehead atoms. The second kappa shape index (κ2) is 5.38. The number of pyridine rings is 1. The second-order valence-electron chi connectivity index (χ2n) is 3.94. The van der Waals surface area contributed by atoms with E-state index in [9.17, 15) is 8.42 Å². The molecule has 1 aromatic rings.